The fourth-order valence-corrected chi connectivity index (χ4v) is 4.80. The predicted octanol–water partition coefficient (Wildman–Crippen LogP) is 3.98. The van der Waals surface area contributed by atoms with Gasteiger partial charge in [0.05, 0.1) is 17.0 Å². The van der Waals surface area contributed by atoms with E-state index in [9.17, 15) is 28.5 Å². The van der Waals surface area contributed by atoms with E-state index < -0.39 is 40.8 Å². The number of hydrogen-bond donors (Lipinski definition) is 2. The van der Waals surface area contributed by atoms with E-state index in [0.717, 1.165) is 6.08 Å². The fourth-order valence-electron chi connectivity index (χ4n) is 4.80. The van der Waals surface area contributed by atoms with E-state index in [0.29, 0.717) is 22.5 Å². The van der Waals surface area contributed by atoms with E-state index in [1.54, 1.807) is 36.4 Å². The number of hydrogen-bond acceptors (Lipinski definition) is 5. The van der Waals surface area contributed by atoms with Crippen LogP contribution in [-0.2, 0) is 10.2 Å². The minimum atomic E-state index is -2.82. The lowest BCUT2D eigenvalue weighted by Gasteiger charge is -2.50. The van der Waals surface area contributed by atoms with Gasteiger partial charge in [-0.2, -0.15) is 0 Å². The Morgan fingerprint density at radius 1 is 1.23 bits per heavy atom. The van der Waals surface area contributed by atoms with Gasteiger partial charge < -0.3 is 20.7 Å². The molecule has 11 heteroatoms. The van der Waals surface area contributed by atoms with Gasteiger partial charge >= 0.3 is 5.82 Å². The second-order valence-electron chi connectivity index (χ2n) is 8.74. The number of fused-ring (bicyclic) bond motifs is 2. The summed E-state index contributed by atoms with van der Waals surface area (Å²) in [4.78, 5) is 35.1. The van der Waals surface area contributed by atoms with Crippen LogP contribution in [0.5, 0.6) is 0 Å². The van der Waals surface area contributed by atoms with Crippen molar-refractivity contribution in [1.82, 2.24) is 15.1 Å². The lowest BCUT2D eigenvalue weighted by Crippen LogP contribution is -2.58. The van der Waals surface area contributed by atoms with E-state index in [1.807, 2.05) is 0 Å². The molecule has 178 valence electrons. The second-order valence-corrected chi connectivity index (χ2v) is 8.74. The van der Waals surface area contributed by atoms with Gasteiger partial charge in [-0.3, -0.25) is 9.59 Å². The molecule has 35 heavy (non-hydrogen) atoms. The van der Waals surface area contributed by atoms with Gasteiger partial charge in [-0.05, 0) is 52.5 Å². The molecule has 0 saturated heterocycles. The zero-order chi connectivity index (χ0) is 25.0. The molecule has 9 nitrogen and oxygen atoms in total. The number of aromatic nitrogens is 2. The molecule has 1 fully saturated rings. The van der Waals surface area contributed by atoms with Crippen molar-refractivity contribution in [2.45, 2.75) is 24.2 Å². The highest BCUT2D eigenvalue weighted by Gasteiger charge is 2.59. The molecule has 1 aliphatic carbocycles. The van der Waals surface area contributed by atoms with Gasteiger partial charge in [-0.1, -0.05) is 18.7 Å². The number of nitro groups is 1. The van der Waals surface area contributed by atoms with E-state index >= 15 is 0 Å². The Hall–Kier alpha value is -4.41. The van der Waals surface area contributed by atoms with Crippen LogP contribution in [0.3, 0.4) is 0 Å². The first kappa shape index (κ1) is 22.4. The molecule has 2 amide bonds. The first-order chi connectivity index (χ1) is 16.6. The second kappa shape index (κ2) is 7.83. The van der Waals surface area contributed by atoms with Gasteiger partial charge in [0, 0.05) is 36.1 Å². The summed E-state index contributed by atoms with van der Waals surface area (Å²) in [6, 6.07) is 11.2. The lowest BCUT2D eigenvalue weighted by atomic mass is 9.59. The molecular formula is C24H19F2N5O4. The Labute approximate surface area is 197 Å². The molecule has 1 spiro atoms. The summed E-state index contributed by atoms with van der Waals surface area (Å²) in [6.45, 7) is 3.48. The molecule has 0 unspecified atom stereocenters. The van der Waals surface area contributed by atoms with E-state index in [4.69, 9.17) is 0 Å². The van der Waals surface area contributed by atoms with Crippen LogP contribution in [0.1, 0.15) is 28.8 Å². The van der Waals surface area contributed by atoms with Gasteiger partial charge in [0.2, 0.25) is 11.8 Å². The van der Waals surface area contributed by atoms with Crippen molar-refractivity contribution in [3.05, 3.63) is 82.6 Å². The molecule has 1 aromatic heterocycles. The number of rotatable bonds is 5. The van der Waals surface area contributed by atoms with Crippen molar-refractivity contribution in [3.8, 4) is 16.8 Å². The maximum Gasteiger partial charge on any atom is 0.398 e. The van der Waals surface area contributed by atoms with Gasteiger partial charge in [0.25, 0.3) is 5.91 Å². The molecule has 5 rings (SSSR count). The number of carbonyl (C=O) groups is 2. The Morgan fingerprint density at radius 3 is 2.69 bits per heavy atom. The molecular weight excluding hydrogens is 460 g/mol. The molecule has 3 aromatic rings. The maximum atomic E-state index is 13.8. The first-order valence-electron chi connectivity index (χ1n) is 10.7. The van der Waals surface area contributed by atoms with Crippen molar-refractivity contribution >= 4 is 23.3 Å². The monoisotopic (exact) mass is 479 g/mol. The number of alkyl halides is 2. The van der Waals surface area contributed by atoms with Gasteiger partial charge in [0.1, 0.15) is 5.56 Å². The van der Waals surface area contributed by atoms with Crippen molar-refractivity contribution < 1.29 is 23.3 Å². The Bertz CT molecular complexity index is 1410. The number of nitrogens with zero attached hydrogens (tertiary/aromatic N) is 3. The average Bonchev–Trinajstić information content (AvgIpc) is 3.26. The highest BCUT2D eigenvalue weighted by atomic mass is 19.3. The average molecular weight is 479 g/mol. The first-order valence-corrected chi connectivity index (χ1v) is 10.7. The largest absolute Gasteiger partial charge is 0.398 e. The van der Waals surface area contributed by atoms with Crippen LogP contribution in [0.25, 0.3) is 16.8 Å². The molecule has 0 atom stereocenters. The van der Waals surface area contributed by atoms with Crippen LogP contribution in [-0.4, -0.2) is 39.0 Å². The summed E-state index contributed by atoms with van der Waals surface area (Å²) < 4.78 is 29.0. The number of carbonyl (C=O) groups excluding carboxylic acids is 2. The van der Waals surface area contributed by atoms with Crippen LogP contribution in [0, 0.1) is 10.1 Å². The lowest BCUT2D eigenvalue weighted by molar-refractivity contribution is -0.389. The molecule has 2 N–H and O–H groups in total. The maximum absolute atomic E-state index is 13.8. The van der Waals surface area contributed by atoms with E-state index in [2.05, 4.69) is 22.3 Å². The summed E-state index contributed by atoms with van der Waals surface area (Å²) >= 11 is 0. The number of nitrogens with one attached hydrogen (secondary N) is 2. The molecule has 2 aliphatic rings. The minimum Gasteiger partial charge on any atom is -0.358 e. The summed E-state index contributed by atoms with van der Waals surface area (Å²) in [6.07, 6.45) is 1.77. The SMILES string of the molecule is C=CC(=O)Nc1cccc(-n2cc(-c3ccc4c(c3)C3(CNC4=O)CC(F)(F)C3)c([N+](=O)[O-])n2)c1. The minimum absolute atomic E-state index is 0.0858. The van der Waals surface area contributed by atoms with Crippen LogP contribution < -0.4 is 10.6 Å². The predicted molar refractivity (Wildman–Crippen MR) is 123 cm³/mol. The quantitative estimate of drug-likeness (QED) is 0.326. The van der Waals surface area contributed by atoms with E-state index in [1.165, 1.54) is 16.9 Å². The number of benzene rings is 2. The highest BCUT2D eigenvalue weighted by molar-refractivity contribution is 5.99. The van der Waals surface area contributed by atoms with Crippen LogP contribution in [0.2, 0.25) is 0 Å². The van der Waals surface area contributed by atoms with Gasteiger partial charge in [-0.15, -0.1) is 4.68 Å². The summed E-state index contributed by atoms with van der Waals surface area (Å²) in [5, 5.41) is 21.2. The highest BCUT2D eigenvalue weighted by Crippen LogP contribution is 2.55. The van der Waals surface area contributed by atoms with Crippen molar-refractivity contribution in [3.63, 3.8) is 0 Å². The summed E-state index contributed by atoms with van der Waals surface area (Å²) in [5.41, 5.74) is 1.30. The third kappa shape index (κ3) is 3.84. The number of anilines is 1. The van der Waals surface area contributed by atoms with Crippen molar-refractivity contribution in [2.75, 3.05) is 11.9 Å². The third-order valence-corrected chi connectivity index (χ3v) is 6.36. The molecule has 1 aliphatic heterocycles. The van der Waals surface area contributed by atoms with E-state index in [-0.39, 0.29) is 23.6 Å². The fraction of sp³-hybridized carbons (Fsp3) is 0.208. The Kier molecular flexibility index (Phi) is 5.01. The number of halogens is 2. The smallest absolute Gasteiger partial charge is 0.358 e. The van der Waals surface area contributed by atoms with Crippen LogP contribution in [0.4, 0.5) is 20.3 Å². The normalized spacial score (nSPS) is 17.1. The Morgan fingerprint density at radius 2 is 2.00 bits per heavy atom. The topological polar surface area (TPSA) is 119 Å². The summed E-state index contributed by atoms with van der Waals surface area (Å²) in [7, 11) is 0. The standard InChI is InChI=1S/C24H19F2N5O4/c1-2-20(32)28-15-4-3-5-16(9-15)30-10-18(21(29-30)31(34)35)14-6-7-17-19(8-14)23(13-27-22(17)33)11-24(25,26)12-23/h2-10H,1,11-13H2,(H,27,33)(H,28,32). The van der Waals surface area contributed by atoms with Crippen LogP contribution >= 0.6 is 0 Å². The molecule has 1 saturated carbocycles. The van der Waals surface area contributed by atoms with Gasteiger partial charge in [0.15, 0.2) is 0 Å². The van der Waals surface area contributed by atoms with Crippen LogP contribution in [0.15, 0.2) is 61.3 Å². The molecule has 0 bridgehead atoms. The third-order valence-electron chi connectivity index (χ3n) is 6.36. The van der Waals surface area contributed by atoms with Crippen molar-refractivity contribution in [2.24, 2.45) is 0 Å². The van der Waals surface area contributed by atoms with Gasteiger partial charge in [-0.25, -0.2) is 8.78 Å². The van der Waals surface area contributed by atoms with Crippen molar-refractivity contribution in [1.29, 1.82) is 0 Å². The molecule has 2 aromatic carbocycles. The molecule has 2 heterocycles. The summed E-state index contributed by atoms with van der Waals surface area (Å²) in [5.74, 6) is -4.03. The number of amides is 2. The zero-order valence-electron chi connectivity index (χ0n) is 18.3. The Balaban J connectivity index is 1.58. The molecule has 0 radical (unpaired) electrons. The zero-order valence-corrected chi connectivity index (χ0v) is 18.3.